The van der Waals surface area contributed by atoms with Crippen LogP contribution in [0.25, 0.3) is 0 Å². The number of hydrogen-bond donors (Lipinski definition) is 3. The summed E-state index contributed by atoms with van der Waals surface area (Å²) in [6.45, 7) is 9.61. The van der Waals surface area contributed by atoms with Gasteiger partial charge in [-0.2, -0.15) is 5.48 Å². The molecular formula is C21H37N5O3. The molecule has 164 valence electrons. The van der Waals surface area contributed by atoms with Gasteiger partial charge in [-0.05, 0) is 31.6 Å². The minimum atomic E-state index is 0.0983. The maximum atomic E-state index is 12.2. The molecule has 29 heavy (non-hydrogen) atoms. The number of hydroxylamine groups is 1. The molecule has 0 aromatic carbocycles. The van der Waals surface area contributed by atoms with Crippen LogP contribution in [0.3, 0.4) is 0 Å². The topological polar surface area (TPSA) is 78.1 Å². The van der Waals surface area contributed by atoms with Gasteiger partial charge < -0.3 is 15.0 Å². The third-order valence-corrected chi connectivity index (χ3v) is 7.81. The van der Waals surface area contributed by atoms with Crippen molar-refractivity contribution in [3.8, 4) is 0 Å². The average Bonchev–Trinajstić information content (AvgIpc) is 3.34. The van der Waals surface area contributed by atoms with E-state index in [4.69, 9.17) is 9.57 Å². The fourth-order valence-corrected chi connectivity index (χ4v) is 5.87. The average molecular weight is 408 g/mol. The second kappa shape index (κ2) is 8.40. The van der Waals surface area contributed by atoms with Crippen LogP contribution < -0.4 is 16.2 Å². The molecule has 5 aliphatic heterocycles. The van der Waals surface area contributed by atoms with E-state index in [1.54, 1.807) is 0 Å². The monoisotopic (exact) mass is 407 g/mol. The minimum Gasteiger partial charge on any atom is -0.378 e. The van der Waals surface area contributed by atoms with Gasteiger partial charge in [0, 0.05) is 56.1 Å². The molecule has 0 spiro atoms. The third-order valence-electron chi connectivity index (χ3n) is 7.81. The Hall–Kier alpha value is -0.770. The highest BCUT2D eigenvalue weighted by Crippen LogP contribution is 2.33. The van der Waals surface area contributed by atoms with Crippen LogP contribution in [0, 0.1) is 17.8 Å². The second-order valence-corrected chi connectivity index (χ2v) is 9.97. The van der Waals surface area contributed by atoms with Crippen molar-refractivity contribution < 1.29 is 14.4 Å². The molecule has 0 radical (unpaired) electrons. The Bertz CT molecular complexity index is 593. The molecule has 0 saturated carbocycles. The SMILES string of the molecule is CC(C)C(=O)N1CCC(C2CC(C3CC4C(CN3)CNN4C3COC3)ON2)CC1. The van der Waals surface area contributed by atoms with Gasteiger partial charge in [-0.1, -0.05) is 13.8 Å². The van der Waals surface area contributed by atoms with Crippen molar-refractivity contribution in [1.82, 2.24) is 26.1 Å². The highest BCUT2D eigenvalue weighted by molar-refractivity contribution is 5.78. The predicted molar refractivity (Wildman–Crippen MR) is 109 cm³/mol. The smallest absolute Gasteiger partial charge is 0.225 e. The van der Waals surface area contributed by atoms with Crippen LogP contribution in [-0.4, -0.2) is 85.5 Å². The first-order valence-electron chi connectivity index (χ1n) is 11.6. The summed E-state index contributed by atoms with van der Waals surface area (Å²) in [6.07, 6.45) is 4.59. The molecule has 0 bridgehead atoms. The number of likely N-dealkylation sites (tertiary alicyclic amines) is 1. The highest BCUT2D eigenvalue weighted by atomic mass is 16.7. The molecule has 5 heterocycles. The standard InChI is InChI=1S/C21H37N5O3/c1-13(2)21(27)25-5-3-14(4-6-25)17-8-20(29-24-17)18-7-19-15(9-22-18)10-23-26(19)16-11-28-12-16/h13-20,22-24H,3-12H2,1-2H3. The summed E-state index contributed by atoms with van der Waals surface area (Å²) in [4.78, 5) is 20.4. The lowest BCUT2D eigenvalue weighted by molar-refractivity contribution is -0.136. The highest BCUT2D eigenvalue weighted by Gasteiger charge is 2.47. The summed E-state index contributed by atoms with van der Waals surface area (Å²) >= 11 is 0. The zero-order chi connectivity index (χ0) is 20.0. The van der Waals surface area contributed by atoms with E-state index in [0.29, 0.717) is 41.9 Å². The van der Waals surface area contributed by atoms with Crippen LogP contribution in [0.5, 0.6) is 0 Å². The van der Waals surface area contributed by atoms with Crippen LogP contribution in [-0.2, 0) is 14.4 Å². The van der Waals surface area contributed by atoms with Crippen molar-refractivity contribution >= 4 is 5.91 Å². The number of rotatable bonds is 4. The molecule has 5 atom stereocenters. The zero-order valence-electron chi connectivity index (χ0n) is 17.8. The van der Waals surface area contributed by atoms with E-state index in [2.05, 4.69) is 21.2 Å². The van der Waals surface area contributed by atoms with Crippen LogP contribution in [0.15, 0.2) is 0 Å². The summed E-state index contributed by atoms with van der Waals surface area (Å²) in [7, 11) is 0. The van der Waals surface area contributed by atoms with Crippen molar-refractivity contribution in [3.05, 3.63) is 0 Å². The number of carbonyl (C=O) groups excluding carboxylic acids is 1. The Morgan fingerprint density at radius 2 is 1.83 bits per heavy atom. The van der Waals surface area contributed by atoms with Crippen molar-refractivity contribution in [3.63, 3.8) is 0 Å². The Balaban J connectivity index is 1.12. The molecule has 8 heteroatoms. The molecule has 5 rings (SSSR count). The van der Waals surface area contributed by atoms with Gasteiger partial charge in [0.2, 0.25) is 5.91 Å². The molecular weight excluding hydrogens is 370 g/mol. The van der Waals surface area contributed by atoms with Crippen molar-refractivity contribution in [1.29, 1.82) is 0 Å². The third kappa shape index (κ3) is 3.95. The lowest BCUT2D eigenvalue weighted by Crippen LogP contribution is -2.59. The second-order valence-electron chi connectivity index (χ2n) is 9.97. The summed E-state index contributed by atoms with van der Waals surface area (Å²) in [5, 5.41) is 6.25. The van der Waals surface area contributed by atoms with E-state index >= 15 is 0 Å². The molecule has 8 nitrogen and oxygen atoms in total. The van der Waals surface area contributed by atoms with Crippen LogP contribution in [0.2, 0.25) is 0 Å². The Morgan fingerprint density at radius 1 is 1.03 bits per heavy atom. The van der Waals surface area contributed by atoms with Crippen molar-refractivity contribution in [2.45, 2.75) is 69.8 Å². The zero-order valence-corrected chi connectivity index (χ0v) is 17.8. The summed E-state index contributed by atoms with van der Waals surface area (Å²) in [6, 6.07) is 1.94. The van der Waals surface area contributed by atoms with E-state index in [0.717, 1.165) is 65.1 Å². The van der Waals surface area contributed by atoms with Gasteiger partial charge in [-0.15, -0.1) is 0 Å². The largest absolute Gasteiger partial charge is 0.378 e. The van der Waals surface area contributed by atoms with E-state index in [1.165, 1.54) is 0 Å². The van der Waals surface area contributed by atoms with Gasteiger partial charge in [0.1, 0.15) is 0 Å². The molecule has 0 aromatic heterocycles. The van der Waals surface area contributed by atoms with Gasteiger partial charge in [0.05, 0.1) is 25.4 Å². The fourth-order valence-electron chi connectivity index (χ4n) is 5.87. The Labute approximate surface area is 173 Å². The number of carbonyl (C=O) groups is 1. The molecule has 5 saturated heterocycles. The van der Waals surface area contributed by atoms with Gasteiger partial charge >= 0.3 is 0 Å². The summed E-state index contributed by atoms with van der Waals surface area (Å²) < 4.78 is 5.41. The number of ether oxygens (including phenoxy) is 1. The van der Waals surface area contributed by atoms with Crippen molar-refractivity contribution in [2.24, 2.45) is 17.8 Å². The normalized spacial score (nSPS) is 39.7. The van der Waals surface area contributed by atoms with E-state index in [-0.39, 0.29) is 12.0 Å². The number of hydrazine groups is 1. The fraction of sp³-hybridized carbons (Fsp3) is 0.952. The lowest BCUT2D eigenvalue weighted by Gasteiger charge is -2.43. The first-order chi connectivity index (χ1) is 14.1. The molecule has 5 aliphatic rings. The number of fused-ring (bicyclic) bond motifs is 1. The van der Waals surface area contributed by atoms with E-state index < -0.39 is 0 Å². The number of piperidine rings is 2. The quantitative estimate of drug-likeness (QED) is 0.611. The number of amides is 1. The van der Waals surface area contributed by atoms with Gasteiger partial charge in [-0.3, -0.25) is 15.1 Å². The minimum absolute atomic E-state index is 0.0983. The van der Waals surface area contributed by atoms with Crippen molar-refractivity contribution in [2.75, 3.05) is 39.4 Å². The summed E-state index contributed by atoms with van der Waals surface area (Å²) in [5.74, 6) is 1.68. The number of nitrogens with one attached hydrogen (secondary N) is 3. The van der Waals surface area contributed by atoms with Gasteiger partial charge in [-0.25, -0.2) is 5.01 Å². The number of hydrogen-bond acceptors (Lipinski definition) is 7. The van der Waals surface area contributed by atoms with Gasteiger partial charge in [0.15, 0.2) is 0 Å². The molecule has 1 amide bonds. The first kappa shape index (κ1) is 20.2. The molecule has 5 unspecified atom stereocenters. The molecule has 0 aromatic rings. The Morgan fingerprint density at radius 3 is 2.52 bits per heavy atom. The van der Waals surface area contributed by atoms with Crippen LogP contribution in [0.4, 0.5) is 0 Å². The maximum Gasteiger partial charge on any atom is 0.225 e. The summed E-state index contributed by atoms with van der Waals surface area (Å²) in [5.41, 5.74) is 6.98. The molecule has 0 aliphatic carbocycles. The first-order valence-corrected chi connectivity index (χ1v) is 11.6. The number of nitrogens with zero attached hydrogens (tertiary/aromatic N) is 2. The lowest BCUT2D eigenvalue weighted by atomic mass is 9.83. The van der Waals surface area contributed by atoms with E-state index in [1.807, 2.05) is 18.7 Å². The predicted octanol–water partition coefficient (Wildman–Crippen LogP) is 0.109. The Kier molecular flexibility index (Phi) is 5.84. The maximum absolute atomic E-state index is 12.2. The molecule has 3 N–H and O–H groups in total. The van der Waals surface area contributed by atoms with Gasteiger partial charge in [0.25, 0.3) is 0 Å². The van der Waals surface area contributed by atoms with Crippen LogP contribution >= 0.6 is 0 Å². The molecule has 5 fully saturated rings. The van der Waals surface area contributed by atoms with E-state index in [9.17, 15) is 4.79 Å². The van der Waals surface area contributed by atoms with Crippen LogP contribution in [0.1, 0.15) is 39.5 Å².